The Kier molecular flexibility index (Phi) is 4.20. The van der Waals surface area contributed by atoms with Gasteiger partial charge in [0.1, 0.15) is 0 Å². The van der Waals surface area contributed by atoms with Gasteiger partial charge in [-0.1, -0.05) is 24.3 Å². The van der Waals surface area contributed by atoms with E-state index in [9.17, 15) is 18.3 Å². The Bertz CT molecular complexity index is 692. The quantitative estimate of drug-likeness (QED) is 0.886. The summed E-state index contributed by atoms with van der Waals surface area (Å²) in [6.45, 7) is 0.238. The van der Waals surface area contributed by atoms with Crippen molar-refractivity contribution in [2.75, 3.05) is 20.2 Å². The molecule has 1 atom stereocenters. The summed E-state index contributed by atoms with van der Waals surface area (Å²) in [5.74, 6) is -1.10. The van der Waals surface area contributed by atoms with Gasteiger partial charge in [0.15, 0.2) is 5.60 Å². The molecule has 0 spiro atoms. The Morgan fingerprint density at radius 2 is 1.91 bits per heavy atom. The van der Waals surface area contributed by atoms with E-state index in [1.807, 2.05) is 24.3 Å². The van der Waals surface area contributed by atoms with Crippen molar-refractivity contribution in [1.29, 1.82) is 0 Å². The SMILES string of the molecule is COC1(C(=O)O)CCCN(S(=O)(=O)C2Cc3ccccc3C2)C1. The summed E-state index contributed by atoms with van der Waals surface area (Å²) in [6, 6.07) is 7.74. The van der Waals surface area contributed by atoms with E-state index >= 15 is 0 Å². The standard InChI is InChI=1S/C16H21NO5S/c1-22-16(15(18)19)7-4-8-17(11-16)23(20,21)14-9-12-5-2-3-6-13(12)10-14/h2-3,5-6,14H,4,7-11H2,1H3,(H,18,19). The van der Waals surface area contributed by atoms with E-state index in [1.54, 1.807) is 0 Å². The molecule has 7 heteroatoms. The maximum atomic E-state index is 13.0. The van der Waals surface area contributed by atoms with Gasteiger partial charge in [-0.2, -0.15) is 4.31 Å². The first kappa shape index (κ1) is 16.4. The highest BCUT2D eigenvalue weighted by Gasteiger charge is 2.47. The number of methoxy groups -OCH3 is 1. The lowest BCUT2D eigenvalue weighted by Gasteiger charge is -2.39. The maximum Gasteiger partial charge on any atom is 0.337 e. The molecular formula is C16H21NO5S. The molecule has 1 fully saturated rings. The minimum absolute atomic E-state index is 0.117. The fraction of sp³-hybridized carbons (Fsp3) is 0.562. The van der Waals surface area contributed by atoms with Crippen molar-refractivity contribution in [1.82, 2.24) is 4.31 Å². The first-order valence-corrected chi connectivity index (χ1v) is 9.24. The lowest BCUT2D eigenvalue weighted by molar-refractivity contribution is -0.166. The summed E-state index contributed by atoms with van der Waals surface area (Å²) in [5.41, 5.74) is 0.695. The smallest absolute Gasteiger partial charge is 0.337 e. The van der Waals surface area contributed by atoms with E-state index < -0.39 is 26.8 Å². The molecule has 0 amide bonds. The largest absolute Gasteiger partial charge is 0.479 e. The molecule has 1 aliphatic carbocycles. The van der Waals surface area contributed by atoms with Crippen LogP contribution in [-0.4, -0.2) is 54.8 Å². The van der Waals surface area contributed by atoms with Crippen LogP contribution in [0.4, 0.5) is 0 Å². The number of carboxylic acids is 1. The molecular weight excluding hydrogens is 318 g/mol. The normalized spacial score (nSPS) is 26.1. The summed E-state index contributed by atoms with van der Waals surface area (Å²) in [5, 5.41) is 8.92. The van der Waals surface area contributed by atoms with Crippen molar-refractivity contribution < 1.29 is 23.1 Å². The molecule has 126 valence electrons. The third-order valence-electron chi connectivity index (χ3n) is 5.00. The molecule has 1 aromatic rings. The Hall–Kier alpha value is -1.44. The maximum absolute atomic E-state index is 13.0. The molecule has 3 rings (SSSR count). The zero-order valence-electron chi connectivity index (χ0n) is 13.1. The van der Waals surface area contributed by atoms with Crippen molar-refractivity contribution >= 4 is 16.0 Å². The molecule has 0 aromatic heterocycles. The van der Waals surface area contributed by atoms with E-state index in [0.29, 0.717) is 32.2 Å². The number of hydrogen-bond donors (Lipinski definition) is 1. The molecule has 6 nitrogen and oxygen atoms in total. The molecule has 0 saturated carbocycles. The van der Waals surface area contributed by atoms with Crippen molar-refractivity contribution in [3.63, 3.8) is 0 Å². The lowest BCUT2D eigenvalue weighted by Crippen LogP contribution is -2.57. The molecule has 0 bridgehead atoms. The predicted molar refractivity (Wildman–Crippen MR) is 84.7 cm³/mol. The van der Waals surface area contributed by atoms with Crippen molar-refractivity contribution in [2.24, 2.45) is 0 Å². The molecule has 1 unspecified atom stereocenters. The summed E-state index contributed by atoms with van der Waals surface area (Å²) >= 11 is 0. The molecule has 1 N–H and O–H groups in total. The number of sulfonamides is 1. The molecule has 1 aromatic carbocycles. The minimum atomic E-state index is -3.55. The second-order valence-corrected chi connectivity index (χ2v) is 8.50. The van der Waals surface area contributed by atoms with E-state index in [0.717, 1.165) is 11.1 Å². The van der Waals surface area contributed by atoms with Gasteiger partial charge >= 0.3 is 5.97 Å². The van der Waals surface area contributed by atoms with Crippen LogP contribution >= 0.6 is 0 Å². The topological polar surface area (TPSA) is 83.9 Å². The molecule has 1 saturated heterocycles. The molecule has 1 aliphatic heterocycles. The van der Waals surface area contributed by atoms with Gasteiger partial charge in [-0.15, -0.1) is 0 Å². The summed E-state index contributed by atoms with van der Waals surface area (Å²) in [7, 11) is -2.23. The number of benzene rings is 1. The highest BCUT2D eigenvalue weighted by Crippen LogP contribution is 2.32. The Morgan fingerprint density at radius 3 is 2.43 bits per heavy atom. The monoisotopic (exact) mass is 339 g/mol. The van der Waals surface area contributed by atoms with Crippen molar-refractivity contribution in [3.05, 3.63) is 35.4 Å². The van der Waals surface area contributed by atoms with E-state index in [4.69, 9.17) is 4.74 Å². The van der Waals surface area contributed by atoms with Crippen molar-refractivity contribution in [3.8, 4) is 0 Å². The molecule has 23 heavy (non-hydrogen) atoms. The average molecular weight is 339 g/mol. The highest BCUT2D eigenvalue weighted by atomic mass is 32.2. The third-order valence-corrected chi connectivity index (χ3v) is 7.20. The lowest BCUT2D eigenvalue weighted by atomic mass is 9.94. The summed E-state index contributed by atoms with van der Waals surface area (Å²) in [4.78, 5) is 11.5. The second kappa shape index (κ2) is 5.89. The number of aliphatic carboxylic acids is 1. The van der Waals surface area contributed by atoms with Crippen LogP contribution in [0.3, 0.4) is 0 Å². The second-order valence-electron chi connectivity index (χ2n) is 6.28. The number of ether oxygens (including phenoxy) is 1. The molecule has 0 radical (unpaired) electrons. The molecule has 2 aliphatic rings. The fourth-order valence-corrected chi connectivity index (χ4v) is 5.54. The number of hydrogen-bond acceptors (Lipinski definition) is 4. The highest BCUT2D eigenvalue weighted by molar-refractivity contribution is 7.89. The van der Waals surface area contributed by atoms with E-state index in [-0.39, 0.29) is 6.54 Å². The van der Waals surface area contributed by atoms with Crippen LogP contribution in [0.15, 0.2) is 24.3 Å². The summed E-state index contributed by atoms with van der Waals surface area (Å²) < 4.78 is 32.4. The zero-order valence-corrected chi connectivity index (χ0v) is 13.9. The number of nitrogens with zero attached hydrogens (tertiary/aromatic N) is 1. The van der Waals surface area contributed by atoms with Crippen LogP contribution in [0.1, 0.15) is 24.0 Å². The fourth-order valence-electron chi connectivity index (χ4n) is 3.57. The summed E-state index contributed by atoms with van der Waals surface area (Å²) in [6.07, 6.45) is 1.79. The number of carbonyl (C=O) groups is 1. The Morgan fingerprint density at radius 1 is 1.30 bits per heavy atom. The van der Waals surface area contributed by atoms with Crippen LogP contribution in [0.25, 0.3) is 0 Å². The minimum Gasteiger partial charge on any atom is -0.479 e. The Labute approximate surface area is 136 Å². The van der Waals surface area contributed by atoms with E-state index in [2.05, 4.69) is 0 Å². The van der Waals surface area contributed by atoms with Crippen LogP contribution in [-0.2, 0) is 32.4 Å². The number of carboxylic acid groups (broad SMARTS) is 1. The average Bonchev–Trinajstić information content (AvgIpc) is 2.99. The van der Waals surface area contributed by atoms with Gasteiger partial charge in [0.25, 0.3) is 0 Å². The van der Waals surface area contributed by atoms with Crippen LogP contribution in [0.5, 0.6) is 0 Å². The van der Waals surface area contributed by atoms with Gasteiger partial charge in [0, 0.05) is 13.7 Å². The zero-order chi connectivity index (χ0) is 16.7. The predicted octanol–water partition coefficient (Wildman–Crippen LogP) is 1.05. The van der Waals surface area contributed by atoms with Gasteiger partial charge in [-0.05, 0) is 36.8 Å². The Balaban J connectivity index is 1.82. The van der Waals surface area contributed by atoms with Gasteiger partial charge in [0.2, 0.25) is 10.0 Å². The van der Waals surface area contributed by atoms with Gasteiger partial charge < -0.3 is 9.84 Å². The van der Waals surface area contributed by atoms with Crippen LogP contribution < -0.4 is 0 Å². The number of fused-ring (bicyclic) bond motifs is 1. The number of rotatable bonds is 4. The van der Waals surface area contributed by atoms with E-state index in [1.165, 1.54) is 11.4 Å². The molecule has 1 heterocycles. The van der Waals surface area contributed by atoms with Crippen LogP contribution in [0, 0.1) is 0 Å². The van der Waals surface area contributed by atoms with Gasteiger partial charge in [0.05, 0.1) is 11.8 Å². The van der Waals surface area contributed by atoms with Crippen molar-refractivity contribution in [2.45, 2.75) is 36.5 Å². The van der Waals surface area contributed by atoms with Crippen LogP contribution in [0.2, 0.25) is 0 Å². The van der Waals surface area contributed by atoms with Gasteiger partial charge in [-0.25, -0.2) is 13.2 Å². The first-order valence-electron chi connectivity index (χ1n) is 7.73. The first-order chi connectivity index (χ1) is 10.9. The third kappa shape index (κ3) is 2.77. The van der Waals surface area contributed by atoms with Gasteiger partial charge in [-0.3, -0.25) is 0 Å². The number of piperidine rings is 1.